The molecule has 0 spiro atoms. The highest BCUT2D eigenvalue weighted by molar-refractivity contribution is 5.72. The normalized spacial score (nSPS) is 11.6. The number of amides is 1. The smallest absolute Gasteiger partial charge is 0.404 e. The van der Waals surface area contributed by atoms with Gasteiger partial charge in [-0.2, -0.15) is 0 Å². The monoisotopic (exact) mass is 288 g/mol. The Labute approximate surface area is 114 Å². The summed E-state index contributed by atoms with van der Waals surface area (Å²) >= 11 is 0. The molecule has 4 nitrogen and oxygen atoms in total. The van der Waals surface area contributed by atoms with E-state index in [0.29, 0.717) is 18.5 Å². The fourth-order valence-electron chi connectivity index (χ4n) is 1.44. The van der Waals surface area contributed by atoms with Crippen molar-refractivity contribution in [3.63, 3.8) is 0 Å². The molecule has 20 heavy (non-hydrogen) atoms. The van der Waals surface area contributed by atoms with Crippen molar-refractivity contribution in [1.82, 2.24) is 5.32 Å². The summed E-state index contributed by atoms with van der Waals surface area (Å²) in [5.41, 5.74) is 6.04. The van der Waals surface area contributed by atoms with Gasteiger partial charge in [-0.3, -0.25) is 4.79 Å². The Morgan fingerprint density at radius 3 is 2.70 bits per heavy atom. The molecule has 0 fully saturated rings. The second-order valence-corrected chi connectivity index (χ2v) is 4.02. The Bertz CT molecular complexity index is 499. The number of benzene rings is 1. The molecule has 0 aromatic heterocycles. The molecule has 110 valence electrons. The molecule has 0 bridgehead atoms. The van der Waals surface area contributed by atoms with E-state index in [2.05, 4.69) is 10.1 Å². The van der Waals surface area contributed by atoms with Crippen molar-refractivity contribution in [1.29, 1.82) is 0 Å². The van der Waals surface area contributed by atoms with Crippen LogP contribution in [0.3, 0.4) is 0 Å². The summed E-state index contributed by atoms with van der Waals surface area (Å²) in [7, 11) is 0. The Morgan fingerprint density at radius 2 is 2.15 bits per heavy atom. The molecular weight excluding hydrogens is 273 g/mol. The molecule has 0 heterocycles. The summed E-state index contributed by atoms with van der Waals surface area (Å²) in [4.78, 5) is 10.6. The second kappa shape index (κ2) is 6.83. The van der Waals surface area contributed by atoms with Gasteiger partial charge in [-0.25, -0.2) is 0 Å². The number of ether oxygens (including phenoxy) is 1. The molecule has 1 rings (SSSR count). The van der Waals surface area contributed by atoms with Crippen molar-refractivity contribution < 1.29 is 22.7 Å². The zero-order valence-corrected chi connectivity index (χ0v) is 10.8. The van der Waals surface area contributed by atoms with Crippen LogP contribution in [0.4, 0.5) is 18.9 Å². The molecule has 0 aliphatic carbocycles. The maximum atomic E-state index is 12.0. The molecule has 0 saturated carbocycles. The predicted molar refractivity (Wildman–Crippen MR) is 69.9 cm³/mol. The highest BCUT2D eigenvalue weighted by Crippen LogP contribution is 2.29. The van der Waals surface area contributed by atoms with E-state index in [1.807, 2.05) is 0 Å². The van der Waals surface area contributed by atoms with Gasteiger partial charge in [-0.1, -0.05) is 18.2 Å². The first-order chi connectivity index (χ1) is 9.28. The number of alkyl halides is 3. The molecule has 0 aliphatic rings. The number of nitrogens with one attached hydrogen (secondary N) is 1. The SMILES string of the molecule is CC(=O)NCCC=Cc1ccc(OC(F)(F)F)c(N)c1. The molecule has 7 heteroatoms. The molecule has 1 amide bonds. The lowest BCUT2D eigenvalue weighted by molar-refractivity contribution is -0.274. The number of carbonyl (C=O) groups excluding carboxylic acids is 1. The fourth-order valence-corrected chi connectivity index (χ4v) is 1.44. The zero-order chi connectivity index (χ0) is 15.2. The van der Waals surface area contributed by atoms with E-state index < -0.39 is 12.1 Å². The van der Waals surface area contributed by atoms with Crippen LogP contribution < -0.4 is 15.8 Å². The molecular formula is C13H15F3N2O2. The lowest BCUT2D eigenvalue weighted by atomic mass is 10.1. The standard InChI is InChI=1S/C13H15F3N2O2/c1-9(19)18-7-3-2-4-10-5-6-12(11(17)8-10)20-13(14,15)16/h2,4-6,8H,3,7,17H2,1H3,(H,18,19). The molecule has 1 aromatic carbocycles. The number of rotatable bonds is 5. The minimum atomic E-state index is -4.76. The highest BCUT2D eigenvalue weighted by atomic mass is 19.4. The van der Waals surface area contributed by atoms with Crippen molar-refractivity contribution in [2.24, 2.45) is 0 Å². The third-order valence-corrected chi connectivity index (χ3v) is 2.25. The zero-order valence-electron chi connectivity index (χ0n) is 10.8. The lowest BCUT2D eigenvalue weighted by Crippen LogP contribution is -2.20. The number of anilines is 1. The number of hydrogen-bond acceptors (Lipinski definition) is 3. The van der Waals surface area contributed by atoms with Crippen LogP contribution in [0.5, 0.6) is 5.75 Å². The van der Waals surface area contributed by atoms with Crippen LogP contribution in [0.25, 0.3) is 6.08 Å². The van der Waals surface area contributed by atoms with Crippen LogP contribution >= 0.6 is 0 Å². The Morgan fingerprint density at radius 1 is 1.45 bits per heavy atom. The van der Waals surface area contributed by atoms with Crippen LogP contribution in [0.15, 0.2) is 24.3 Å². The third kappa shape index (κ3) is 6.12. The van der Waals surface area contributed by atoms with Gasteiger partial charge in [0.1, 0.15) is 0 Å². The van der Waals surface area contributed by atoms with E-state index in [-0.39, 0.29) is 11.6 Å². The van der Waals surface area contributed by atoms with Crippen molar-refractivity contribution in [3.8, 4) is 5.75 Å². The molecule has 0 radical (unpaired) electrons. The van der Waals surface area contributed by atoms with E-state index in [4.69, 9.17) is 5.73 Å². The van der Waals surface area contributed by atoms with Gasteiger partial charge >= 0.3 is 6.36 Å². The van der Waals surface area contributed by atoms with Gasteiger partial charge in [-0.05, 0) is 24.1 Å². The third-order valence-electron chi connectivity index (χ3n) is 2.25. The predicted octanol–water partition coefficient (Wildman–Crippen LogP) is 2.71. The van der Waals surface area contributed by atoms with Gasteiger partial charge in [-0.15, -0.1) is 13.2 Å². The first kappa shape index (κ1) is 15.9. The van der Waals surface area contributed by atoms with Gasteiger partial charge in [0.05, 0.1) is 5.69 Å². The van der Waals surface area contributed by atoms with Gasteiger partial charge in [0, 0.05) is 13.5 Å². The molecule has 1 aromatic rings. The summed E-state index contributed by atoms with van der Waals surface area (Å²) in [6, 6.07) is 4.01. The van der Waals surface area contributed by atoms with Crippen molar-refractivity contribution in [2.45, 2.75) is 19.7 Å². The molecule has 3 N–H and O–H groups in total. The average Bonchev–Trinajstić information content (AvgIpc) is 2.30. The highest BCUT2D eigenvalue weighted by Gasteiger charge is 2.31. The van der Waals surface area contributed by atoms with Crippen molar-refractivity contribution in [2.75, 3.05) is 12.3 Å². The number of nitrogen functional groups attached to an aromatic ring is 1. The number of nitrogens with two attached hydrogens (primary N) is 1. The van der Waals surface area contributed by atoms with Crippen LogP contribution in [0.2, 0.25) is 0 Å². The van der Waals surface area contributed by atoms with Crippen LogP contribution in [0, 0.1) is 0 Å². The maximum absolute atomic E-state index is 12.0. The number of carbonyl (C=O) groups is 1. The summed E-state index contributed by atoms with van der Waals surface area (Å²) in [5, 5.41) is 2.62. The topological polar surface area (TPSA) is 64.3 Å². The largest absolute Gasteiger partial charge is 0.573 e. The van der Waals surface area contributed by atoms with E-state index in [0.717, 1.165) is 6.07 Å². The second-order valence-electron chi connectivity index (χ2n) is 4.02. The van der Waals surface area contributed by atoms with Gasteiger partial charge < -0.3 is 15.8 Å². The first-order valence-corrected chi connectivity index (χ1v) is 5.84. The van der Waals surface area contributed by atoms with Gasteiger partial charge in [0.2, 0.25) is 5.91 Å². The summed E-state index contributed by atoms with van der Waals surface area (Å²) in [6.07, 6.45) is -0.658. The molecule has 0 atom stereocenters. The molecule has 0 saturated heterocycles. The van der Waals surface area contributed by atoms with E-state index in [1.165, 1.54) is 19.1 Å². The number of hydrogen-bond donors (Lipinski definition) is 2. The van der Waals surface area contributed by atoms with Crippen molar-refractivity contribution in [3.05, 3.63) is 29.8 Å². The Hall–Kier alpha value is -2.18. The fraction of sp³-hybridized carbons (Fsp3) is 0.308. The number of halogens is 3. The summed E-state index contributed by atoms with van der Waals surface area (Å²) < 4.78 is 39.9. The first-order valence-electron chi connectivity index (χ1n) is 5.84. The van der Waals surface area contributed by atoms with Gasteiger partial charge in [0.15, 0.2) is 5.75 Å². The maximum Gasteiger partial charge on any atom is 0.573 e. The average molecular weight is 288 g/mol. The van der Waals surface area contributed by atoms with Crippen LogP contribution in [0.1, 0.15) is 18.9 Å². The van der Waals surface area contributed by atoms with Crippen molar-refractivity contribution >= 4 is 17.7 Å². The lowest BCUT2D eigenvalue weighted by Gasteiger charge is -2.11. The van der Waals surface area contributed by atoms with Gasteiger partial charge in [0.25, 0.3) is 0 Å². The molecule has 0 unspecified atom stereocenters. The summed E-state index contributed by atoms with van der Waals surface area (Å²) in [6.45, 7) is 1.92. The Balaban J connectivity index is 2.59. The van der Waals surface area contributed by atoms with Crippen LogP contribution in [-0.4, -0.2) is 18.8 Å². The van der Waals surface area contributed by atoms with E-state index in [1.54, 1.807) is 12.2 Å². The minimum Gasteiger partial charge on any atom is -0.404 e. The van der Waals surface area contributed by atoms with E-state index in [9.17, 15) is 18.0 Å². The summed E-state index contributed by atoms with van der Waals surface area (Å²) in [5.74, 6) is -0.538. The quantitative estimate of drug-likeness (QED) is 0.647. The minimum absolute atomic E-state index is 0.0914. The Kier molecular flexibility index (Phi) is 5.42. The van der Waals surface area contributed by atoms with Crippen LogP contribution in [-0.2, 0) is 4.79 Å². The molecule has 0 aliphatic heterocycles. The van der Waals surface area contributed by atoms with E-state index >= 15 is 0 Å².